The van der Waals surface area contributed by atoms with E-state index in [4.69, 9.17) is 19.4 Å². The van der Waals surface area contributed by atoms with E-state index in [-0.39, 0.29) is 0 Å². The van der Waals surface area contributed by atoms with Crippen LogP contribution >= 0.6 is 0 Å². The first-order valence-corrected chi connectivity index (χ1v) is 21.3. The van der Waals surface area contributed by atoms with Gasteiger partial charge in [0.25, 0.3) is 0 Å². The molecule has 0 N–H and O–H groups in total. The molecule has 0 atom stereocenters. The Bertz CT molecular complexity index is 3330. The number of para-hydroxylation sites is 4. The monoisotopic (exact) mass is 806 g/mol. The molecule has 3 heterocycles. The van der Waals surface area contributed by atoms with Crippen molar-refractivity contribution in [3.63, 3.8) is 0 Å². The van der Waals surface area contributed by atoms with E-state index in [2.05, 4.69) is 169 Å². The van der Waals surface area contributed by atoms with Gasteiger partial charge in [-0.1, -0.05) is 188 Å². The molecule has 0 aliphatic carbocycles. The number of nitrogens with zero attached hydrogens (tertiary/aromatic N) is 4. The van der Waals surface area contributed by atoms with Gasteiger partial charge in [0.15, 0.2) is 17.5 Å². The van der Waals surface area contributed by atoms with Crippen molar-refractivity contribution in [2.75, 3.05) is 4.90 Å². The minimum atomic E-state index is -0.751. The summed E-state index contributed by atoms with van der Waals surface area (Å²) in [7, 11) is 0. The van der Waals surface area contributed by atoms with E-state index in [1.54, 1.807) is 0 Å². The average Bonchev–Trinajstić information content (AvgIpc) is 3.76. The SMILES string of the molecule is c1ccc(-c2ccc(C3(c4cccc5c4oc4ccccc45)c4ccccc4N(c4ccc(-c5nc(-c6ccccc6)nc(-c6ccccc6)n5)cc4)c4ccccc43)cc2)cc1. The van der Waals surface area contributed by atoms with Crippen molar-refractivity contribution >= 4 is 39.0 Å². The van der Waals surface area contributed by atoms with Crippen LogP contribution in [0.5, 0.6) is 0 Å². The Balaban J connectivity index is 1.05. The molecule has 0 unspecified atom stereocenters. The highest BCUT2D eigenvalue weighted by molar-refractivity contribution is 6.07. The van der Waals surface area contributed by atoms with Gasteiger partial charge in [-0.25, -0.2) is 15.0 Å². The number of anilines is 3. The molecule has 63 heavy (non-hydrogen) atoms. The van der Waals surface area contributed by atoms with Crippen molar-refractivity contribution in [1.29, 1.82) is 0 Å². The maximum Gasteiger partial charge on any atom is 0.164 e. The van der Waals surface area contributed by atoms with E-state index in [0.717, 1.165) is 77.9 Å². The maximum absolute atomic E-state index is 6.92. The van der Waals surface area contributed by atoms with E-state index in [1.165, 1.54) is 11.1 Å². The summed E-state index contributed by atoms with van der Waals surface area (Å²) in [4.78, 5) is 17.4. The standard InChI is InChI=1S/C58H38N4O/c1-4-17-39(18-5-1)40-31-35-44(36-32-40)58(50-27-16-24-47-46-23-10-15-30-53(46)63-54(47)50)48-25-11-13-28-51(48)62(52-29-14-12-26-49(52)58)45-37-33-43(34-38-45)57-60-55(41-19-6-2-7-20-41)59-56(61-57)42-21-8-3-9-22-42/h1-38H. The van der Waals surface area contributed by atoms with Crippen LogP contribution in [0.4, 0.5) is 17.1 Å². The molecule has 0 amide bonds. The summed E-state index contributed by atoms with van der Waals surface area (Å²) in [6.07, 6.45) is 0. The molecular weight excluding hydrogens is 769 g/mol. The van der Waals surface area contributed by atoms with Gasteiger partial charge in [0.2, 0.25) is 0 Å². The lowest BCUT2D eigenvalue weighted by molar-refractivity contribution is 0.643. The van der Waals surface area contributed by atoms with Gasteiger partial charge >= 0.3 is 0 Å². The Kier molecular flexibility index (Phi) is 8.64. The van der Waals surface area contributed by atoms with Crippen LogP contribution in [-0.4, -0.2) is 15.0 Å². The highest BCUT2D eigenvalue weighted by Gasteiger charge is 2.48. The van der Waals surface area contributed by atoms with Gasteiger partial charge in [-0.05, 0) is 70.3 Å². The smallest absolute Gasteiger partial charge is 0.164 e. The summed E-state index contributed by atoms with van der Waals surface area (Å²) in [5.74, 6) is 1.88. The highest BCUT2D eigenvalue weighted by atomic mass is 16.3. The molecule has 296 valence electrons. The summed E-state index contributed by atoms with van der Waals surface area (Å²) >= 11 is 0. The van der Waals surface area contributed by atoms with Gasteiger partial charge in [-0.15, -0.1) is 0 Å². The molecule has 0 spiro atoms. The summed E-state index contributed by atoms with van der Waals surface area (Å²) in [5.41, 5.74) is 13.9. The zero-order valence-corrected chi connectivity index (χ0v) is 34.1. The van der Waals surface area contributed by atoms with Crippen molar-refractivity contribution in [2.45, 2.75) is 5.41 Å². The quantitative estimate of drug-likeness (QED) is 0.161. The number of hydrogen-bond donors (Lipinski definition) is 0. The largest absolute Gasteiger partial charge is 0.456 e. The Morgan fingerprint density at radius 1 is 0.333 bits per heavy atom. The highest BCUT2D eigenvalue weighted by Crippen LogP contribution is 2.59. The summed E-state index contributed by atoms with van der Waals surface area (Å²) < 4.78 is 6.92. The average molecular weight is 807 g/mol. The van der Waals surface area contributed by atoms with Crippen molar-refractivity contribution in [2.24, 2.45) is 0 Å². The minimum Gasteiger partial charge on any atom is -0.456 e. The number of aromatic nitrogens is 3. The van der Waals surface area contributed by atoms with Gasteiger partial charge in [0.05, 0.1) is 16.8 Å². The summed E-state index contributed by atoms with van der Waals surface area (Å²) in [5, 5.41) is 2.20. The van der Waals surface area contributed by atoms with Gasteiger partial charge in [-0.2, -0.15) is 0 Å². The van der Waals surface area contributed by atoms with Crippen LogP contribution in [0.25, 0.3) is 67.2 Å². The van der Waals surface area contributed by atoms with Crippen LogP contribution in [0, 0.1) is 0 Å². The number of fused-ring (bicyclic) bond motifs is 5. The molecule has 0 saturated carbocycles. The van der Waals surface area contributed by atoms with Crippen LogP contribution in [0.15, 0.2) is 235 Å². The fourth-order valence-corrected chi connectivity index (χ4v) is 9.56. The summed E-state index contributed by atoms with van der Waals surface area (Å²) in [6, 6.07) is 81.2. The van der Waals surface area contributed by atoms with Crippen molar-refractivity contribution in [1.82, 2.24) is 15.0 Å². The number of rotatable bonds is 7. The first kappa shape index (κ1) is 36.4. The Labute approximate surface area is 365 Å². The minimum absolute atomic E-state index is 0.616. The molecule has 1 aliphatic heterocycles. The van der Waals surface area contributed by atoms with E-state index < -0.39 is 5.41 Å². The molecule has 0 bridgehead atoms. The topological polar surface area (TPSA) is 55.1 Å². The van der Waals surface area contributed by atoms with E-state index >= 15 is 0 Å². The van der Waals surface area contributed by atoms with Crippen LogP contribution in [0.2, 0.25) is 0 Å². The lowest BCUT2D eigenvalue weighted by atomic mass is 9.62. The van der Waals surface area contributed by atoms with E-state index in [9.17, 15) is 0 Å². The lowest BCUT2D eigenvalue weighted by Gasteiger charge is -2.46. The molecular formula is C58H38N4O. The second-order valence-corrected chi connectivity index (χ2v) is 15.9. The second kappa shape index (κ2) is 14.9. The Morgan fingerprint density at radius 3 is 1.35 bits per heavy atom. The number of benzene rings is 9. The predicted octanol–water partition coefficient (Wildman–Crippen LogP) is 14.6. The van der Waals surface area contributed by atoms with E-state index in [1.807, 2.05) is 66.7 Å². The van der Waals surface area contributed by atoms with Crippen LogP contribution in [0.1, 0.15) is 22.3 Å². The zero-order chi connectivity index (χ0) is 41.7. The van der Waals surface area contributed by atoms with Gasteiger partial charge < -0.3 is 9.32 Å². The third-order valence-electron chi connectivity index (χ3n) is 12.4. The first-order valence-electron chi connectivity index (χ1n) is 21.3. The lowest BCUT2D eigenvalue weighted by Crippen LogP contribution is -2.37. The molecule has 0 radical (unpaired) electrons. The van der Waals surface area contributed by atoms with Crippen LogP contribution in [-0.2, 0) is 5.41 Å². The number of furan rings is 1. The molecule has 1 aliphatic rings. The molecule has 2 aromatic heterocycles. The molecule has 5 heteroatoms. The predicted molar refractivity (Wildman–Crippen MR) is 255 cm³/mol. The Hall–Kier alpha value is -8.41. The van der Waals surface area contributed by atoms with Crippen LogP contribution in [0.3, 0.4) is 0 Å². The number of hydrogen-bond acceptors (Lipinski definition) is 5. The van der Waals surface area contributed by atoms with E-state index in [0.29, 0.717) is 17.5 Å². The van der Waals surface area contributed by atoms with Gasteiger partial charge in [0.1, 0.15) is 11.2 Å². The molecule has 0 saturated heterocycles. The Morgan fingerprint density at radius 2 is 0.762 bits per heavy atom. The summed E-state index contributed by atoms with van der Waals surface area (Å²) in [6.45, 7) is 0. The van der Waals surface area contributed by atoms with Gasteiger partial charge in [0, 0.05) is 38.7 Å². The fraction of sp³-hybridized carbons (Fsp3) is 0.0172. The molecule has 11 aromatic rings. The van der Waals surface area contributed by atoms with Crippen molar-refractivity contribution in [3.8, 4) is 45.3 Å². The van der Waals surface area contributed by atoms with Gasteiger partial charge in [-0.3, -0.25) is 0 Å². The van der Waals surface area contributed by atoms with Crippen molar-refractivity contribution in [3.05, 3.63) is 253 Å². The molecule has 9 aromatic carbocycles. The van der Waals surface area contributed by atoms with Crippen molar-refractivity contribution < 1.29 is 4.42 Å². The first-order chi connectivity index (χ1) is 31.2. The third kappa shape index (κ3) is 5.97. The third-order valence-corrected chi connectivity index (χ3v) is 12.4. The normalized spacial score (nSPS) is 12.9. The fourth-order valence-electron chi connectivity index (χ4n) is 9.56. The molecule has 0 fully saturated rings. The zero-order valence-electron chi connectivity index (χ0n) is 34.1. The molecule has 5 nitrogen and oxygen atoms in total. The second-order valence-electron chi connectivity index (χ2n) is 15.9. The molecule has 12 rings (SSSR count). The maximum atomic E-state index is 6.92. The van der Waals surface area contributed by atoms with Crippen LogP contribution < -0.4 is 4.90 Å².